The van der Waals surface area contributed by atoms with Crippen molar-refractivity contribution in [3.8, 4) is 0 Å². The first kappa shape index (κ1) is 15.8. The van der Waals surface area contributed by atoms with E-state index in [1.165, 1.54) is 18.7 Å². The Morgan fingerprint density at radius 2 is 2.18 bits per heavy atom. The Bertz CT molecular complexity index is 656. The first-order valence-electron chi connectivity index (χ1n) is 6.95. The molecule has 0 saturated carbocycles. The lowest BCUT2D eigenvalue weighted by atomic mass is 10.0. The summed E-state index contributed by atoms with van der Waals surface area (Å²) in [7, 11) is 0. The number of fused-ring (bicyclic) bond motifs is 1. The Morgan fingerprint density at radius 1 is 1.50 bits per heavy atom. The Morgan fingerprint density at radius 3 is 2.73 bits per heavy atom. The third-order valence-corrected chi connectivity index (χ3v) is 3.45. The smallest absolute Gasteiger partial charge is 0.302 e. The zero-order valence-corrected chi connectivity index (χ0v) is 12.7. The van der Waals surface area contributed by atoms with Crippen molar-refractivity contribution in [1.29, 1.82) is 0 Å². The Hall–Kier alpha value is -2.58. The number of nitrogen functional groups attached to an aromatic ring is 1. The average Bonchev–Trinajstić information content (AvgIpc) is 2.43. The molecule has 4 N–H and O–H groups in total. The molecule has 1 aliphatic heterocycles. The van der Waals surface area contributed by atoms with E-state index in [-0.39, 0.29) is 23.4 Å². The minimum atomic E-state index is -0.529. The number of carbonyl (C=O) groups is 2. The molecule has 0 spiro atoms. The maximum absolute atomic E-state index is 12.2. The quantitative estimate of drug-likeness (QED) is 0.661. The van der Waals surface area contributed by atoms with E-state index in [0.717, 1.165) is 0 Å². The van der Waals surface area contributed by atoms with E-state index in [9.17, 15) is 14.4 Å². The average molecular weight is 309 g/mol. The van der Waals surface area contributed by atoms with E-state index < -0.39 is 23.7 Å². The van der Waals surface area contributed by atoms with Gasteiger partial charge in [-0.15, -0.1) is 0 Å². The summed E-state index contributed by atoms with van der Waals surface area (Å²) in [5.41, 5.74) is 5.08. The second-order valence-corrected chi connectivity index (χ2v) is 5.04. The topological polar surface area (TPSA) is 130 Å². The van der Waals surface area contributed by atoms with Crippen LogP contribution in [0.15, 0.2) is 4.79 Å². The minimum absolute atomic E-state index is 0.0368. The van der Waals surface area contributed by atoms with Gasteiger partial charge >= 0.3 is 5.97 Å². The lowest BCUT2D eigenvalue weighted by Crippen LogP contribution is -2.55. The van der Waals surface area contributed by atoms with Crippen molar-refractivity contribution in [2.75, 3.05) is 22.5 Å². The largest absolute Gasteiger partial charge is 0.460 e. The second kappa shape index (κ2) is 6.04. The minimum Gasteiger partial charge on any atom is -0.460 e. The molecular formula is C13H19N5O4. The summed E-state index contributed by atoms with van der Waals surface area (Å²) < 4.78 is 5.27. The fourth-order valence-corrected chi connectivity index (χ4v) is 2.63. The van der Waals surface area contributed by atoms with Crippen molar-refractivity contribution in [1.82, 2.24) is 9.97 Å². The van der Waals surface area contributed by atoms with Gasteiger partial charge in [0.2, 0.25) is 11.9 Å². The second-order valence-electron chi connectivity index (χ2n) is 5.04. The van der Waals surface area contributed by atoms with Gasteiger partial charge in [-0.2, -0.15) is 4.98 Å². The monoisotopic (exact) mass is 309 g/mol. The van der Waals surface area contributed by atoms with Crippen LogP contribution >= 0.6 is 0 Å². The molecule has 2 atom stereocenters. The zero-order chi connectivity index (χ0) is 16.4. The molecule has 1 aromatic heterocycles. The molecule has 1 unspecified atom stereocenters. The Labute approximate surface area is 126 Å². The highest BCUT2D eigenvalue weighted by Crippen LogP contribution is 2.29. The number of aromatic nitrogens is 2. The molecule has 0 saturated heterocycles. The summed E-state index contributed by atoms with van der Waals surface area (Å²) in [6.07, 6.45) is -0.0234. The fourth-order valence-electron chi connectivity index (χ4n) is 2.63. The number of anilines is 3. The SMILES string of the molecule is CC[C@H](OC(C)=O)C1CNc2nc(N)[nH]c(=O)c2N1C(C)=O. The maximum Gasteiger partial charge on any atom is 0.302 e. The predicted molar refractivity (Wildman–Crippen MR) is 80.6 cm³/mol. The number of nitrogens with two attached hydrogens (primary N) is 1. The van der Waals surface area contributed by atoms with Gasteiger partial charge in [-0.3, -0.25) is 24.3 Å². The van der Waals surface area contributed by atoms with E-state index in [4.69, 9.17) is 10.5 Å². The van der Waals surface area contributed by atoms with E-state index in [0.29, 0.717) is 13.0 Å². The fraction of sp³-hybridized carbons (Fsp3) is 0.538. The van der Waals surface area contributed by atoms with Gasteiger partial charge in [-0.25, -0.2) is 0 Å². The molecule has 2 rings (SSSR count). The number of H-pyrrole nitrogens is 1. The van der Waals surface area contributed by atoms with E-state index in [2.05, 4.69) is 15.3 Å². The third-order valence-electron chi connectivity index (χ3n) is 3.45. The molecular weight excluding hydrogens is 290 g/mol. The van der Waals surface area contributed by atoms with Crippen LogP contribution in [0.25, 0.3) is 0 Å². The molecule has 22 heavy (non-hydrogen) atoms. The highest BCUT2D eigenvalue weighted by Gasteiger charge is 2.38. The highest BCUT2D eigenvalue weighted by molar-refractivity contribution is 5.96. The summed E-state index contributed by atoms with van der Waals surface area (Å²) in [6.45, 7) is 4.79. The van der Waals surface area contributed by atoms with Crippen molar-refractivity contribution in [2.24, 2.45) is 0 Å². The van der Waals surface area contributed by atoms with Crippen LogP contribution in [-0.2, 0) is 14.3 Å². The number of nitrogens with one attached hydrogen (secondary N) is 2. The number of ether oxygens (including phenoxy) is 1. The van der Waals surface area contributed by atoms with Crippen LogP contribution in [0, 0.1) is 0 Å². The number of aromatic amines is 1. The van der Waals surface area contributed by atoms with Crippen molar-refractivity contribution in [3.05, 3.63) is 10.4 Å². The van der Waals surface area contributed by atoms with Crippen LogP contribution in [0.3, 0.4) is 0 Å². The number of rotatable bonds is 3. The number of esters is 1. The van der Waals surface area contributed by atoms with Gasteiger partial charge in [0.05, 0.1) is 6.04 Å². The lowest BCUT2D eigenvalue weighted by molar-refractivity contribution is -0.148. The molecule has 0 aromatic carbocycles. The highest BCUT2D eigenvalue weighted by atomic mass is 16.5. The van der Waals surface area contributed by atoms with Crippen LogP contribution in [-0.4, -0.2) is 40.5 Å². The number of hydrogen-bond donors (Lipinski definition) is 3. The molecule has 9 nitrogen and oxygen atoms in total. The number of amides is 1. The van der Waals surface area contributed by atoms with Gasteiger partial charge in [0, 0.05) is 20.4 Å². The standard InChI is InChI=1S/C13H19N5O4/c1-4-9(22-7(3)20)8-5-15-11-10(18(8)6(2)19)12(21)17-13(14)16-11/h8-9H,4-5H2,1-3H3,(H4,14,15,16,17,21)/t8?,9-/m0/s1. The van der Waals surface area contributed by atoms with Gasteiger partial charge < -0.3 is 15.8 Å². The first-order valence-corrected chi connectivity index (χ1v) is 6.95. The van der Waals surface area contributed by atoms with Gasteiger partial charge in [0.1, 0.15) is 6.10 Å². The molecule has 0 radical (unpaired) electrons. The Kier molecular flexibility index (Phi) is 4.34. The van der Waals surface area contributed by atoms with E-state index in [1.807, 2.05) is 6.92 Å². The van der Waals surface area contributed by atoms with E-state index in [1.54, 1.807) is 0 Å². The summed E-state index contributed by atoms with van der Waals surface area (Å²) in [4.78, 5) is 43.2. The lowest BCUT2D eigenvalue weighted by Gasteiger charge is -2.39. The Balaban J connectivity index is 2.49. The molecule has 1 aliphatic rings. The number of hydrogen-bond acceptors (Lipinski definition) is 7. The molecule has 1 amide bonds. The zero-order valence-electron chi connectivity index (χ0n) is 12.7. The summed E-state index contributed by atoms with van der Waals surface area (Å²) in [5, 5.41) is 2.97. The third kappa shape index (κ3) is 2.87. The van der Waals surface area contributed by atoms with Gasteiger partial charge in [0.25, 0.3) is 5.56 Å². The van der Waals surface area contributed by atoms with Crippen molar-refractivity contribution < 1.29 is 14.3 Å². The van der Waals surface area contributed by atoms with Crippen LogP contribution in [0.1, 0.15) is 27.2 Å². The summed E-state index contributed by atoms with van der Waals surface area (Å²) in [5.74, 6) is -0.573. The maximum atomic E-state index is 12.2. The molecule has 120 valence electrons. The van der Waals surface area contributed by atoms with Crippen molar-refractivity contribution in [3.63, 3.8) is 0 Å². The predicted octanol–water partition coefficient (Wildman–Crippen LogP) is -0.159. The van der Waals surface area contributed by atoms with Gasteiger partial charge in [-0.1, -0.05) is 6.92 Å². The molecule has 0 fully saturated rings. The number of carbonyl (C=O) groups excluding carboxylic acids is 2. The summed E-state index contributed by atoms with van der Waals surface area (Å²) >= 11 is 0. The summed E-state index contributed by atoms with van der Waals surface area (Å²) in [6, 6.07) is -0.495. The number of nitrogens with zero attached hydrogens (tertiary/aromatic N) is 2. The van der Waals surface area contributed by atoms with Crippen LogP contribution in [0.4, 0.5) is 17.5 Å². The molecule has 2 heterocycles. The van der Waals surface area contributed by atoms with E-state index >= 15 is 0 Å². The molecule has 0 aliphatic carbocycles. The van der Waals surface area contributed by atoms with Crippen molar-refractivity contribution >= 4 is 29.3 Å². The van der Waals surface area contributed by atoms with Crippen molar-refractivity contribution in [2.45, 2.75) is 39.3 Å². The molecule has 1 aromatic rings. The van der Waals surface area contributed by atoms with Crippen LogP contribution < -0.4 is 21.5 Å². The van der Waals surface area contributed by atoms with Gasteiger partial charge in [-0.05, 0) is 6.42 Å². The normalized spacial score (nSPS) is 18.1. The van der Waals surface area contributed by atoms with Gasteiger partial charge in [0.15, 0.2) is 11.5 Å². The van der Waals surface area contributed by atoms with Crippen LogP contribution in [0.2, 0.25) is 0 Å². The molecule has 9 heteroatoms. The first-order chi connectivity index (χ1) is 10.3. The van der Waals surface area contributed by atoms with Crippen LogP contribution in [0.5, 0.6) is 0 Å². The molecule has 0 bridgehead atoms.